The van der Waals surface area contributed by atoms with Crippen molar-refractivity contribution in [3.8, 4) is 33.4 Å². The average molecular weight is 564 g/mol. The van der Waals surface area contributed by atoms with Gasteiger partial charge in [-0.3, -0.25) is 0 Å². The second-order valence-electron chi connectivity index (χ2n) is 10.9. The quantitative estimate of drug-likeness (QED) is 0.200. The number of hydrogen-bond acceptors (Lipinski definition) is 2. The Hall–Kier alpha value is -5.86. The summed E-state index contributed by atoms with van der Waals surface area (Å²) in [6.07, 6.45) is 0. The summed E-state index contributed by atoms with van der Waals surface area (Å²) in [6, 6.07) is 62.0. The lowest BCUT2D eigenvalue weighted by atomic mass is 9.87. The van der Waals surface area contributed by atoms with Gasteiger partial charge >= 0.3 is 0 Å². The monoisotopic (exact) mass is 563 g/mol. The Labute approximate surface area is 257 Å². The second-order valence-corrected chi connectivity index (χ2v) is 10.9. The van der Waals surface area contributed by atoms with Crippen molar-refractivity contribution in [2.75, 3.05) is 4.90 Å². The van der Waals surface area contributed by atoms with Gasteiger partial charge in [0, 0.05) is 22.0 Å². The molecular formula is C42H29NO. The molecule has 0 saturated carbocycles. The van der Waals surface area contributed by atoms with Crippen LogP contribution in [-0.2, 0) is 0 Å². The van der Waals surface area contributed by atoms with Crippen LogP contribution in [0.4, 0.5) is 17.1 Å². The van der Waals surface area contributed by atoms with Crippen LogP contribution in [0.3, 0.4) is 0 Å². The van der Waals surface area contributed by atoms with Gasteiger partial charge < -0.3 is 9.32 Å². The number of rotatable bonds is 6. The molecule has 0 spiro atoms. The highest BCUT2D eigenvalue weighted by Gasteiger charge is 2.25. The van der Waals surface area contributed by atoms with Crippen LogP contribution in [0.1, 0.15) is 0 Å². The van der Waals surface area contributed by atoms with Crippen molar-refractivity contribution in [1.82, 2.24) is 0 Å². The first kappa shape index (κ1) is 25.8. The summed E-state index contributed by atoms with van der Waals surface area (Å²) in [5, 5.41) is 2.22. The molecule has 0 N–H and O–H groups in total. The normalized spacial score (nSPS) is 11.2. The van der Waals surface area contributed by atoms with Gasteiger partial charge in [-0.05, 0) is 58.1 Å². The Morgan fingerprint density at radius 2 is 0.886 bits per heavy atom. The minimum absolute atomic E-state index is 0.866. The number of nitrogens with zero attached hydrogens (tertiary/aromatic N) is 1. The van der Waals surface area contributed by atoms with E-state index in [1.165, 1.54) is 27.8 Å². The number of furan rings is 1. The zero-order valence-corrected chi connectivity index (χ0v) is 24.1. The predicted molar refractivity (Wildman–Crippen MR) is 185 cm³/mol. The molecular weight excluding hydrogens is 534 g/mol. The van der Waals surface area contributed by atoms with Crippen molar-refractivity contribution >= 4 is 39.0 Å². The summed E-state index contributed by atoms with van der Waals surface area (Å²) in [5.41, 5.74) is 11.9. The van der Waals surface area contributed by atoms with Crippen LogP contribution in [0, 0.1) is 0 Å². The summed E-state index contributed by atoms with van der Waals surface area (Å²) in [4.78, 5) is 2.36. The van der Waals surface area contributed by atoms with E-state index in [0.29, 0.717) is 0 Å². The molecule has 0 bridgehead atoms. The Bertz CT molecular complexity index is 2220. The van der Waals surface area contributed by atoms with Crippen LogP contribution >= 0.6 is 0 Å². The minimum Gasteiger partial charge on any atom is -0.454 e. The number of anilines is 3. The van der Waals surface area contributed by atoms with E-state index in [0.717, 1.165) is 44.6 Å². The molecule has 1 heterocycles. The van der Waals surface area contributed by atoms with Crippen LogP contribution in [0.15, 0.2) is 180 Å². The Balaban J connectivity index is 1.48. The van der Waals surface area contributed by atoms with Gasteiger partial charge in [0.1, 0.15) is 5.58 Å². The molecule has 0 atom stereocenters. The third-order valence-corrected chi connectivity index (χ3v) is 8.29. The lowest BCUT2D eigenvalue weighted by Gasteiger charge is -2.29. The highest BCUT2D eigenvalue weighted by molar-refractivity contribution is 6.11. The van der Waals surface area contributed by atoms with E-state index in [9.17, 15) is 0 Å². The molecule has 0 saturated heterocycles. The van der Waals surface area contributed by atoms with Gasteiger partial charge in [-0.1, -0.05) is 146 Å². The molecule has 2 nitrogen and oxygen atoms in total. The van der Waals surface area contributed by atoms with Gasteiger partial charge in [0.05, 0.1) is 11.4 Å². The zero-order valence-electron chi connectivity index (χ0n) is 24.1. The predicted octanol–water partition coefficient (Wildman–Crippen LogP) is 12.1. The molecule has 1 aromatic heterocycles. The molecule has 8 rings (SSSR count). The Morgan fingerprint density at radius 1 is 0.364 bits per heavy atom. The maximum Gasteiger partial charge on any atom is 0.159 e. The maximum absolute atomic E-state index is 6.62. The standard InChI is InChI=1S/C42H29NO/c1-4-16-30(17-5-1)33-22-10-11-24-36(33)41-34(31-18-6-2-7-19-31)25-14-27-38(41)43(32-20-8-3-9-21-32)39-28-15-26-37-35-23-12-13-29-40(35)44-42(37)39/h1-29H. The van der Waals surface area contributed by atoms with E-state index in [4.69, 9.17) is 4.42 Å². The first-order valence-corrected chi connectivity index (χ1v) is 15.0. The van der Waals surface area contributed by atoms with Crippen molar-refractivity contribution in [3.63, 3.8) is 0 Å². The summed E-state index contributed by atoms with van der Waals surface area (Å²) in [5.74, 6) is 0. The first-order valence-electron chi connectivity index (χ1n) is 15.0. The van der Waals surface area contributed by atoms with Crippen molar-refractivity contribution in [2.24, 2.45) is 0 Å². The van der Waals surface area contributed by atoms with Crippen molar-refractivity contribution in [3.05, 3.63) is 176 Å². The lowest BCUT2D eigenvalue weighted by Crippen LogP contribution is -2.12. The fourth-order valence-electron chi connectivity index (χ4n) is 6.33. The van der Waals surface area contributed by atoms with Crippen LogP contribution in [-0.4, -0.2) is 0 Å². The molecule has 7 aromatic carbocycles. The Kier molecular flexibility index (Phi) is 6.51. The topological polar surface area (TPSA) is 16.4 Å². The lowest BCUT2D eigenvalue weighted by molar-refractivity contribution is 0.669. The average Bonchev–Trinajstić information content (AvgIpc) is 3.49. The van der Waals surface area contributed by atoms with Gasteiger partial charge in [-0.25, -0.2) is 0 Å². The molecule has 0 fully saturated rings. The van der Waals surface area contributed by atoms with E-state index in [1.54, 1.807) is 0 Å². The summed E-state index contributed by atoms with van der Waals surface area (Å²) >= 11 is 0. The number of fused-ring (bicyclic) bond motifs is 3. The van der Waals surface area contributed by atoms with Crippen molar-refractivity contribution in [1.29, 1.82) is 0 Å². The van der Waals surface area contributed by atoms with Crippen LogP contribution < -0.4 is 4.90 Å². The SMILES string of the molecule is c1ccc(-c2ccccc2-c2c(-c3ccccc3)cccc2N(c2ccccc2)c2cccc3c2oc2ccccc23)cc1. The number of hydrogen-bond donors (Lipinski definition) is 0. The molecule has 2 heteroatoms. The van der Waals surface area contributed by atoms with E-state index >= 15 is 0 Å². The maximum atomic E-state index is 6.62. The molecule has 8 aromatic rings. The fraction of sp³-hybridized carbons (Fsp3) is 0. The number of benzene rings is 7. The highest BCUT2D eigenvalue weighted by Crippen LogP contribution is 2.49. The molecule has 0 aliphatic carbocycles. The zero-order chi connectivity index (χ0) is 29.3. The third kappa shape index (κ3) is 4.45. The molecule has 0 amide bonds. The third-order valence-electron chi connectivity index (χ3n) is 8.29. The van der Waals surface area contributed by atoms with Gasteiger partial charge in [0.2, 0.25) is 0 Å². The summed E-state index contributed by atoms with van der Waals surface area (Å²) in [7, 11) is 0. The molecule has 208 valence electrons. The van der Waals surface area contributed by atoms with E-state index in [1.807, 2.05) is 12.1 Å². The molecule has 0 aliphatic heterocycles. The second kappa shape index (κ2) is 11.1. The van der Waals surface area contributed by atoms with Crippen LogP contribution in [0.25, 0.3) is 55.3 Å². The van der Waals surface area contributed by atoms with E-state index in [-0.39, 0.29) is 0 Å². The molecule has 44 heavy (non-hydrogen) atoms. The van der Waals surface area contributed by atoms with Crippen molar-refractivity contribution in [2.45, 2.75) is 0 Å². The minimum atomic E-state index is 0.866. The fourth-order valence-corrected chi connectivity index (χ4v) is 6.33. The van der Waals surface area contributed by atoms with Crippen molar-refractivity contribution < 1.29 is 4.42 Å². The molecule has 0 radical (unpaired) electrons. The van der Waals surface area contributed by atoms with E-state index < -0.39 is 0 Å². The van der Waals surface area contributed by atoms with Gasteiger partial charge in [-0.15, -0.1) is 0 Å². The Morgan fingerprint density at radius 3 is 1.64 bits per heavy atom. The highest BCUT2D eigenvalue weighted by atomic mass is 16.3. The largest absolute Gasteiger partial charge is 0.454 e. The van der Waals surface area contributed by atoms with Gasteiger partial charge in [-0.2, -0.15) is 0 Å². The summed E-state index contributed by atoms with van der Waals surface area (Å²) in [6.45, 7) is 0. The molecule has 0 aliphatic rings. The van der Waals surface area contributed by atoms with Gasteiger partial charge in [0.15, 0.2) is 5.58 Å². The smallest absolute Gasteiger partial charge is 0.159 e. The first-order chi connectivity index (χ1) is 21.9. The summed E-state index contributed by atoms with van der Waals surface area (Å²) < 4.78 is 6.62. The molecule has 0 unspecified atom stereocenters. The van der Waals surface area contributed by atoms with Crippen LogP contribution in [0.2, 0.25) is 0 Å². The van der Waals surface area contributed by atoms with Gasteiger partial charge in [0.25, 0.3) is 0 Å². The van der Waals surface area contributed by atoms with Crippen LogP contribution in [0.5, 0.6) is 0 Å². The van der Waals surface area contributed by atoms with E-state index in [2.05, 4.69) is 169 Å². The number of para-hydroxylation sites is 3.